The van der Waals surface area contributed by atoms with Gasteiger partial charge >= 0.3 is 0 Å². The molecule has 1 heterocycles. The summed E-state index contributed by atoms with van der Waals surface area (Å²) in [7, 11) is 0. The third kappa shape index (κ3) is 1.90. The standard InChI is InChI=1S/C9H6N2O3.Ni/c12-8-4-3-7(11(13)14)6-2-1-5-10-9(6)8;/h1-5,12H;. The molecule has 0 bridgehead atoms. The average molecular weight is 249 g/mol. The van der Waals surface area contributed by atoms with Gasteiger partial charge in [-0.2, -0.15) is 0 Å². The van der Waals surface area contributed by atoms with E-state index in [-0.39, 0.29) is 33.4 Å². The molecule has 1 N–H and O–H groups in total. The van der Waals surface area contributed by atoms with E-state index >= 15 is 0 Å². The molecular formula is C9H6N2NiO3. The zero-order chi connectivity index (χ0) is 10.1. The zero-order valence-electron chi connectivity index (χ0n) is 7.36. The number of nitrogens with zero attached hydrogens (tertiary/aromatic N) is 2. The summed E-state index contributed by atoms with van der Waals surface area (Å²) >= 11 is 0. The van der Waals surface area contributed by atoms with E-state index < -0.39 is 4.92 Å². The average Bonchev–Trinajstić information content (AvgIpc) is 2.18. The third-order valence-corrected chi connectivity index (χ3v) is 1.92. The molecule has 0 aliphatic heterocycles. The fourth-order valence-corrected chi connectivity index (χ4v) is 1.30. The molecule has 0 amide bonds. The Bertz CT molecular complexity index is 516. The molecule has 6 heteroatoms. The first kappa shape index (κ1) is 11.4. The molecule has 0 aliphatic carbocycles. The minimum absolute atomic E-state index is 0. The Morgan fingerprint density at radius 1 is 1.33 bits per heavy atom. The van der Waals surface area contributed by atoms with Crippen molar-refractivity contribution in [2.75, 3.05) is 0 Å². The predicted octanol–water partition coefficient (Wildman–Crippen LogP) is 1.85. The summed E-state index contributed by atoms with van der Waals surface area (Å²) in [6.07, 6.45) is 1.48. The van der Waals surface area contributed by atoms with Gasteiger partial charge in [0.1, 0.15) is 11.3 Å². The molecule has 2 rings (SSSR count). The van der Waals surface area contributed by atoms with Crippen molar-refractivity contribution < 1.29 is 26.5 Å². The van der Waals surface area contributed by atoms with Gasteiger partial charge in [-0.3, -0.25) is 15.1 Å². The van der Waals surface area contributed by atoms with Crippen LogP contribution in [-0.2, 0) is 16.5 Å². The molecule has 0 fully saturated rings. The van der Waals surface area contributed by atoms with Gasteiger partial charge in [-0.05, 0) is 18.2 Å². The molecule has 0 aliphatic rings. The van der Waals surface area contributed by atoms with E-state index in [9.17, 15) is 15.2 Å². The number of pyridine rings is 1. The summed E-state index contributed by atoms with van der Waals surface area (Å²) in [4.78, 5) is 14.0. The summed E-state index contributed by atoms with van der Waals surface area (Å²) in [5.41, 5.74) is 0.201. The summed E-state index contributed by atoms with van der Waals surface area (Å²) in [6, 6.07) is 5.68. The molecule has 2 aromatic rings. The maximum Gasteiger partial charge on any atom is 0.279 e. The Morgan fingerprint density at radius 3 is 2.73 bits per heavy atom. The number of nitro groups is 1. The smallest absolute Gasteiger partial charge is 0.279 e. The second-order valence-corrected chi connectivity index (χ2v) is 2.76. The van der Waals surface area contributed by atoms with Crippen LogP contribution in [-0.4, -0.2) is 15.0 Å². The molecule has 5 nitrogen and oxygen atoms in total. The molecule has 1 aromatic carbocycles. The SMILES string of the molecule is O=[N+]([O-])c1ccc(O)c2ncccc12.[Ni]. The third-order valence-electron chi connectivity index (χ3n) is 1.92. The monoisotopic (exact) mass is 248 g/mol. The molecule has 0 unspecified atom stereocenters. The Kier molecular flexibility index (Phi) is 3.22. The first-order chi connectivity index (χ1) is 6.70. The van der Waals surface area contributed by atoms with Crippen LogP contribution in [0.3, 0.4) is 0 Å². The summed E-state index contributed by atoms with van der Waals surface area (Å²) in [6.45, 7) is 0. The van der Waals surface area contributed by atoms with Crippen molar-refractivity contribution >= 4 is 16.6 Å². The van der Waals surface area contributed by atoms with Crippen LogP contribution in [0.5, 0.6) is 5.75 Å². The molecule has 1 aromatic heterocycles. The van der Waals surface area contributed by atoms with Gasteiger partial charge < -0.3 is 5.11 Å². The van der Waals surface area contributed by atoms with Gasteiger partial charge in [-0.1, -0.05) is 0 Å². The van der Waals surface area contributed by atoms with E-state index in [4.69, 9.17) is 0 Å². The van der Waals surface area contributed by atoms with Crippen molar-refractivity contribution in [2.24, 2.45) is 0 Å². The first-order valence-corrected chi connectivity index (χ1v) is 3.91. The van der Waals surface area contributed by atoms with Gasteiger partial charge in [0.15, 0.2) is 0 Å². The van der Waals surface area contributed by atoms with E-state index in [1.54, 1.807) is 12.1 Å². The number of phenols is 1. The number of hydrogen-bond donors (Lipinski definition) is 1. The second kappa shape index (κ2) is 4.23. The van der Waals surface area contributed by atoms with Crippen LogP contribution in [0.1, 0.15) is 0 Å². The maximum atomic E-state index is 10.6. The number of rotatable bonds is 1. The Morgan fingerprint density at radius 2 is 2.07 bits per heavy atom. The van der Waals surface area contributed by atoms with Gasteiger partial charge in [0.05, 0.1) is 10.3 Å². The Balaban J connectivity index is 0.00000112. The summed E-state index contributed by atoms with van der Waals surface area (Å²) in [5.74, 6) is -0.0498. The van der Waals surface area contributed by atoms with Crippen molar-refractivity contribution in [3.05, 3.63) is 40.6 Å². The van der Waals surface area contributed by atoms with Crippen LogP contribution in [0.4, 0.5) is 5.69 Å². The van der Waals surface area contributed by atoms with Gasteiger partial charge in [0.25, 0.3) is 5.69 Å². The Hall–Kier alpha value is -1.68. The largest absolute Gasteiger partial charge is 0.506 e. The number of aromatic hydroxyl groups is 1. The van der Waals surface area contributed by atoms with Crippen LogP contribution in [0.25, 0.3) is 10.9 Å². The van der Waals surface area contributed by atoms with Crippen LogP contribution in [0, 0.1) is 10.1 Å². The number of hydrogen-bond acceptors (Lipinski definition) is 4. The van der Waals surface area contributed by atoms with Crippen LogP contribution < -0.4 is 0 Å². The second-order valence-electron chi connectivity index (χ2n) is 2.76. The first-order valence-electron chi connectivity index (χ1n) is 3.91. The molecule has 80 valence electrons. The van der Waals surface area contributed by atoms with Crippen molar-refractivity contribution in [3.8, 4) is 5.75 Å². The predicted molar refractivity (Wildman–Crippen MR) is 50.1 cm³/mol. The quantitative estimate of drug-likeness (QED) is 0.475. The van der Waals surface area contributed by atoms with Crippen LogP contribution >= 0.6 is 0 Å². The zero-order valence-corrected chi connectivity index (χ0v) is 8.35. The van der Waals surface area contributed by atoms with E-state index in [1.165, 1.54) is 18.3 Å². The molecule has 0 spiro atoms. The number of benzene rings is 1. The summed E-state index contributed by atoms with van der Waals surface area (Å²) in [5, 5.41) is 20.4. The van der Waals surface area contributed by atoms with E-state index in [1.807, 2.05) is 0 Å². The summed E-state index contributed by atoms with van der Waals surface area (Å²) < 4.78 is 0. The normalized spacial score (nSPS) is 9.60. The number of phenolic OH excluding ortho intramolecular Hbond substituents is 1. The molecular weight excluding hydrogens is 243 g/mol. The van der Waals surface area contributed by atoms with Crippen molar-refractivity contribution in [3.63, 3.8) is 0 Å². The number of aromatic nitrogens is 1. The topological polar surface area (TPSA) is 76.3 Å². The maximum absolute atomic E-state index is 10.6. The van der Waals surface area contributed by atoms with E-state index in [0.29, 0.717) is 5.39 Å². The number of non-ortho nitro benzene ring substituents is 1. The van der Waals surface area contributed by atoms with E-state index in [0.717, 1.165) is 0 Å². The minimum atomic E-state index is -0.497. The van der Waals surface area contributed by atoms with Crippen molar-refractivity contribution in [1.82, 2.24) is 4.98 Å². The van der Waals surface area contributed by atoms with Crippen LogP contribution in [0.15, 0.2) is 30.5 Å². The molecule has 0 atom stereocenters. The number of nitro benzene ring substituents is 1. The molecule has 0 radical (unpaired) electrons. The molecule has 0 saturated heterocycles. The van der Waals surface area contributed by atoms with E-state index in [2.05, 4.69) is 4.98 Å². The van der Waals surface area contributed by atoms with Crippen molar-refractivity contribution in [2.45, 2.75) is 0 Å². The Labute approximate surface area is 94.8 Å². The minimum Gasteiger partial charge on any atom is -0.506 e. The number of fused-ring (bicyclic) bond motifs is 1. The fraction of sp³-hybridized carbons (Fsp3) is 0. The van der Waals surface area contributed by atoms with Crippen LogP contribution in [0.2, 0.25) is 0 Å². The van der Waals surface area contributed by atoms with Gasteiger partial charge in [-0.15, -0.1) is 0 Å². The van der Waals surface area contributed by atoms with Gasteiger partial charge in [0.2, 0.25) is 0 Å². The molecule has 15 heavy (non-hydrogen) atoms. The molecule has 0 saturated carbocycles. The van der Waals surface area contributed by atoms with Gasteiger partial charge in [-0.25, -0.2) is 0 Å². The van der Waals surface area contributed by atoms with Crippen molar-refractivity contribution in [1.29, 1.82) is 0 Å². The van der Waals surface area contributed by atoms with Gasteiger partial charge in [0, 0.05) is 28.8 Å². The fourth-order valence-electron chi connectivity index (χ4n) is 1.30.